The molecule has 0 aliphatic heterocycles. The molecular formula is C21H20ClF2N3O3S2. The average molecular weight is 500 g/mol. The topological polar surface area (TPSA) is 79.4 Å². The summed E-state index contributed by atoms with van der Waals surface area (Å²) in [5, 5.41) is 2.91. The molecule has 32 heavy (non-hydrogen) atoms. The second-order valence-electron chi connectivity index (χ2n) is 6.73. The molecule has 0 aliphatic carbocycles. The fourth-order valence-corrected chi connectivity index (χ4v) is 5.53. The number of thiazole rings is 1. The Morgan fingerprint density at radius 2 is 1.88 bits per heavy atom. The number of hydrogen-bond acceptors (Lipinski definition) is 5. The van der Waals surface area contributed by atoms with Crippen molar-refractivity contribution in [1.29, 1.82) is 0 Å². The monoisotopic (exact) mass is 499 g/mol. The number of carbonyl (C=O) groups is 1. The maximum absolute atomic E-state index is 13.9. The van der Waals surface area contributed by atoms with Gasteiger partial charge in [-0.1, -0.05) is 31.5 Å². The third-order valence-corrected chi connectivity index (χ3v) is 7.97. The second kappa shape index (κ2) is 10.0. The number of rotatable bonds is 8. The number of anilines is 1. The number of benzene rings is 2. The summed E-state index contributed by atoms with van der Waals surface area (Å²) < 4.78 is 53.7. The molecule has 0 fully saturated rings. The van der Waals surface area contributed by atoms with Gasteiger partial charge in [0, 0.05) is 36.7 Å². The van der Waals surface area contributed by atoms with Crippen LogP contribution >= 0.6 is 22.9 Å². The molecule has 0 atom stereocenters. The Morgan fingerprint density at radius 3 is 2.53 bits per heavy atom. The lowest BCUT2D eigenvalue weighted by Gasteiger charge is -2.19. The van der Waals surface area contributed by atoms with Gasteiger partial charge in [0.15, 0.2) is 5.13 Å². The summed E-state index contributed by atoms with van der Waals surface area (Å²) in [4.78, 5) is 17.5. The maximum Gasteiger partial charge on any atom is 0.259 e. The number of sulfonamides is 1. The molecule has 1 N–H and O–H groups in total. The standard InChI is InChI=1S/C21H20ClF2N3O3S2/c1-3-27(4-2)32(29,30)16-7-8-18(22)17(11-16)20(28)26-21-25-12-15(31-21)9-13-5-6-14(23)10-19(13)24/h5-8,10-12H,3-4,9H2,1-2H3,(H,25,26,28). The van der Waals surface area contributed by atoms with Gasteiger partial charge in [-0.25, -0.2) is 22.2 Å². The number of halogens is 3. The van der Waals surface area contributed by atoms with Crippen molar-refractivity contribution in [2.75, 3.05) is 18.4 Å². The van der Waals surface area contributed by atoms with Crippen LogP contribution < -0.4 is 5.32 Å². The first kappa shape index (κ1) is 24.2. The van der Waals surface area contributed by atoms with E-state index >= 15 is 0 Å². The van der Waals surface area contributed by atoms with Gasteiger partial charge in [-0.15, -0.1) is 11.3 Å². The SMILES string of the molecule is CCN(CC)S(=O)(=O)c1ccc(Cl)c(C(=O)Nc2ncc(Cc3ccc(F)cc3F)s2)c1. The van der Waals surface area contributed by atoms with Crippen LogP contribution in [0, 0.1) is 11.6 Å². The highest BCUT2D eigenvalue weighted by Gasteiger charge is 2.24. The second-order valence-corrected chi connectivity index (χ2v) is 10.2. The number of nitrogens with zero attached hydrogens (tertiary/aromatic N) is 2. The Hall–Kier alpha value is -2.40. The van der Waals surface area contributed by atoms with Gasteiger partial charge in [0.1, 0.15) is 11.6 Å². The zero-order chi connectivity index (χ0) is 23.5. The van der Waals surface area contributed by atoms with Crippen LogP contribution in [0.25, 0.3) is 0 Å². The molecule has 170 valence electrons. The first-order valence-corrected chi connectivity index (χ1v) is 12.3. The van der Waals surface area contributed by atoms with E-state index in [1.807, 2.05) is 0 Å². The van der Waals surface area contributed by atoms with Crippen LogP contribution in [-0.4, -0.2) is 36.7 Å². The Morgan fingerprint density at radius 1 is 1.16 bits per heavy atom. The van der Waals surface area contributed by atoms with E-state index < -0.39 is 27.6 Å². The van der Waals surface area contributed by atoms with Gasteiger partial charge < -0.3 is 0 Å². The van der Waals surface area contributed by atoms with Gasteiger partial charge in [-0.3, -0.25) is 10.1 Å². The predicted octanol–water partition coefficient (Wildman–Crippen LogP) is 4.95. The summed E-state index contributed by atoms with van der Waals surface area (Å²) in [6, 6.07) is 7.27. The van der Waals surface area contributed by atoms with Crippen LogP contribution in [0.1, 0.15) is 34.6 Å². The van der Waals surface area contributed by atoms with E-state index in [1.54, 1.807) is 13.8 Å². The normalized spacial score (nSPS) is 11.7. The van der Waals surface area contributed by atoms with Gasteiger partial charge in [-0.05, 0) is 29.8 Å². The molecule has 0 aliphatic rings. The molecular weight excluding hydrogens is 480 g/mol. The lowest BCUT2D eigenvalue weighted by Crippen LogP contribution is -2.30. The lowest BCUT2D eigenvalue weighted by molar-refractivity contribution is 0.102. The van der Waals surface area contributed by atoms with Gasteiger partial charge in [0.2, 0.25) is 10.0 Å². The smallest absolute Gasteiger partial charge is 0.259 e. The summed E-state index contributed by atoms with van der Waals surface area (Å²) in [7, 11) is -3.77. The van der Waals surface area contributed by atoms with Crippen molar-refractivity contribution in [3.05, 3.63) is 75.3 Å². The summed E-state index contributed by atoms with van der Waals surface area (Å²) >= 11 is 7.26. The minimum Gasteiger partial charge on any atom is -0.298 e. The van der Waals surface area contributed by atoms with Gasteiger partial charge in [0.05, 0.1) is 15.5 Å². The first-order chi connectivity index (χ1) is 15.1. The number of carbonyl (C=O) groups excluding carboxylic acids is 1. The minimum atomic E-state index is -3.77. The Bertz CT molecular complexity index is 1240. The molecule has 1 amide bonds. The van der Waals surface area contributed by atoms with E-state index in [2.05, 4.69) is 10.3 Å². The quantitative estimate of drug-likeness (QED) is 0.475. The molecule has 0 spiro atoms. The Kier molecular flexibility index (Phi) is 7.60. The molecule has 0 unspecified atom stereocenters. The average Bonchev–Trinajstić information content (AvgIpc) is 3.17. The largest absolute Gasteiger partial charge is 0.298 e. The van der Waals surface area contributed by atoms with Crippen LogP contribution in [0.5, 0.6) is 0 Å². The van der Waals surface area contributed by atoms with Crippen LogP contribution in [0.4, 0.5) is 13.9 Å². The number of hydrogen-bond donors (Lipinski definition) is 1. The molecule has 0 saturated carbocycles. The third-order valence-electron chi connectivity index (χ3n) is 4.68. The fourth-order valence-electron chi connectivity index (χ4n) is 3.02. The molecule has 11 heteroatoms. The van der Waals surface area contributed by atoms with Gasteiger partial charge in [0.25, 0.3) is 5.91 Å². The molecule has 3 rings (SSSR count). The van der Waals surface area contributed by atoms with E-state index in [0.717, 1.165) is 17.4 Å². The van der Waals surface area contributed by atoms with Crippen molar-refractivity contribution in [2.24, 2.45) is 0 Å². The molecule has 1 aromatic heterocycles. The maximum atomic E-state index is 13.9. The van der Waals surface area contributed by atoms with Crippen LogP contribution in [0.15, 0.2) is 47.5 Å². The van der Waals surface area contributed by atoms with E-state index in [0.29, 0.717) is 23.5 Å². The van der Waals surface area contributed by atoms with Gasteiger partial charge in [-0.2, -0.15) is 4.31 Å². The van der Waals surface area contributed by atoms with Gasteiger partial charge >= 0.3 is 0 Å². The third kappa shape index (κ3) is 5.32. The first-order valence-electron chi connectivity index (χ1n) is 9.65. The molecule has 1 heterocycles. The zero-order valence-corrected chi connectivity index (χ0v) is 19.6. The highest BCUT2D eigenvalue weighted by molar-refractivity contribution is 7.89. The summed E-state index contributed by atoms with van der Waals surface area (Å²) in [5.41, 5.74) is 0.284. The summed E-state index contributed by atoms with van der Waals surface area (Å²) in [5.74, 6) is -1.95. The summed E-state index contributed by atoms with van der Waals surface area (Å²) in [6.45, 7) is 4.03. The van der Waals surface area contributed by atoms with E-state index in [-0.39, 0.29) is 27.0 Å². The van der Waals surface area contributed by atoms with Crippen molar-refractivity contribution >= 4 is 44.0 Å². The van der Waals surface area contributed by atoms with E-state index in [1.165, 1.54) is 40.8 Å². The highest BCUT2D eigenvalue weighted by atomic mass is 35.5. The van der Waals surface area contributed by atoms with Crippen LogP contribution in [0.2, 0.25) is 5.02 Å². The Labute approximate surface area is 193 Å². The van der Waals surface area contributed by atoms with E-state index in [9.17, 15) is 22.0 Å². The van der Waals surface area contributed by atoms with E-state index in [4.69, 9.17) is 11.6 Å². The lowest BCUT2D eigenvalue weighted by atomic mass is 10.1. The number of aromatic nitrogens is 1. The van der Waals surface area contributed by atoms with Crippen molar-refractivity contribution in [2.45, 2.75) is 25.2 Å². The van der Waals surface area contributed by atoms with Crippen molar-refractivity contribution < 1.29 is 22.0 Å². The summed E-state index contributed by atoms with van der Waals surface area (Å²) in [6.07, 6.45) is 1.66. The molecule has 0 bridgehead atoms. The molecule has 0 radical (unpaired) electrons. The molecule has 3 aromatic rings. The van der Waals surface area contributed by atoms with Crippen LogP contribution in [-0.2, 0) is 16.4 Å². The number of amides is 1. The zero-order valence-electron chi connectivity index (χ0n) is 17.2. The van der Waals surface area contributed by atoms with Crippen molar-refractivity contribution in [1.82, 2.24) is 9.29 Å². The van der Waals surface area contributed by atoms with Crippen molar-refractivity contribution in [3.8, 4) is 0 Å². The molecule has 0 saturated heterocycles. The number of nitrogens with one attached hydrogen (secondary N) is 1. The van der Waals surface area contributed by atoms with Crippen molar-refractivity contribution in [3.63, 3.8) is 0 Å². The predicted molar refractivity (Wildman–Crippen MR) is 121 cm³/mol. The molecule has 2 aromatic carbocycles. The minimum absolute atomic E-state index is 0.0128. The molecule has 6 nitrogen and oxygen atoms in total. The highest BCUT2D eigenvalue weighted by Crippen LogP contribution is 2.26. The Balaban J connectivity index is 1.79. The van der Waals surface area contributed by atoms with Crippen LogP contribution in [0.3, 0.4) is 0 Å². The fraction of sp³-hybridized carbons (Fsp3) is 0.238.